The van der Waals surface area contributed by atoms with Crippen LogP contribution in [0.3, 0.4) is 0 Å². The van der Waals surface area contributed by atoms with Gasteiger partial charge in [0.2, 0.25) is 0 Å². The molecular weight excluding hydrogens is 208 g/mol. The van der Waals surface area contributed by atoms with Crippen LogP contribution in [0.1, 0.15) is 35.6 Å². The zero-order valence-electron chi connectivity index (χ0n) is 9.04. The van der Waals surface area contributed by atoms with Crippen molar-refractivity contribution >= 4 is 6.09 Å². The van der Waals surface area contributed by atoms with Gasteiger partial charge in [0.1, 0.15) is 0 Å². The lowest BCUT2D eigenvalue weighted by Crippen LogP contribution is -2.26. The monoisotopic (exact) mass is 222 g/mol. The van der Waals surface area contributed by atoms with E-state index in [4.69, 9.17) is 5.11 Å². The van der Waals surface area contributed by atoms with Crippen LogP contribution in [-0.4, -0.2) is 16.2 Å². The third-order valence-electron chi connectivity index (χ3n) is 2.81. The maximum Gasteiger partial charge on any atom is 0.404 e. The molecule has 0 aliphatic heterocycles. The standard InChI is InChI=1S/C11H14N2O3/c1-6-4-9(7-2-3-7)13-10(14)8(6)5-12-11(15)16/h4,7,12H,2-3,5H2,1H3,(H,13,14)(H,15,16). The second-order valence-corrected chi connectivity index (χ2v) is 4.15. The van der Waals surface area contributed by atoms with Crippen molar-refractivity contribution in [3.05, 3.63) is 33.2 Å². The second-order valence-electron chi connectivity index (χ2n) is 4.15. The van der Waals surface area contributed by atoms with Crippen molar-refractivity contribution in [2.75, 3.05) is 0 Å². The van der Waals surface area contributed by atoms with Crippen LogP contribution in [0.5, 0.6) is 0 Å². The molecule has 5 nitrogen and oxygen atoms in total. The number of amides is 1. The SMILES string of the molecule is Cc1cc(C2CC2)[nH]c(=O)c1CNC(=O)O. The first kappa shape index (κ1) is 10.7. The maximum absolute atomic E-state index is 11.7. The molecule has 16 heavy (non-hydrogen) atoms. The van der Waals surface area contributed by atoms with Crippen LogP contribution in [0.2, 0.25) is 0 Å². The quantitative estimate of drug-likeness (QED) is 0.721. The van der Waals surface area contributed by atoms with E-state index in [2.05, 4.69) is 10.3 Å². The lowest BCUT2D eigenvalue weighted by atomic mass is 10.1. The number of nitrogens with one attached hydrogen (secondary N) is 2. The molecule has 1 fully saturated rings. The fourth-order valence-electron chi connectivity index (χ4n) is 1.74. The number of pyridine rings is 1. The van der Waals surface area contributed by atoms with Crippen molar-refractivity contribution in [2.24, 2.45) is 0 Å². The van der Waals surface area contributed by atoms with E-state index < -0.39 is 6.09 Å². The number of aryl methyl sites for hydroxylation is 1. The molecule has 0 bridgehead atoms. The summed E-state index contributed by atoms with van der Waals surface area (Å²) in [5.41, 5.74) is 2.13. The molecule has 1 amide bonds. The number of carbonyl (C=O) groups is 1. The first-order valence-electron chi connectivity index (χ1n) is 5.27. The largest absolute Gasteiger partial charge is 0.465 e. The Hall–Kier alpha value is -1.78. The van der Waals surface area contributed by atoms with Gasteiger partial charge < -0.3 is 15.4 Å². The van der Waals surface area contributed by atoms with E-state index in [1.54, 1.807) is 0 Å². The van der Waals surface area contributed by atoms with E-state index >= 15 is 0 Å². The van der Waals surface area contributed by atoms with E-state index in [-0.39, 0.29) is 12.1 Å². The molecule has 0 unspecified atom stereocenters. The van der Waals surface area contributed by atoms with Gasteiger partial charge in [0.05, 0.1) is 6.54 Å². The minimum Gasteiger partial charge on any atom is -0.465 e. The van der Waals surface area contributed by atoms with Gasteiger partial charge in [0.15, 0.2) is 0 Å². The number of rotatable bonds is 3. The number of aromatic nitrogens is 1. The number of aromatic amines is 1. The van der Waals surface area contributed by atoms with E-state index in [0.29, 0.717) is 11.5 Å². The Morgan fingerprint density at radius 2 is 2.31 bits per heavy atom. The Morgan fingerprint density at radius 3 is 2.81 bits per heavy atom. The summed E-state index contributed by atoms with van der Waals surface area (Å²) in [4.78, 5) is 24.9. The first-order chi connectivity index (χ1) is 7.58. The highest BCUT2D eigenvalue weighted by molar-refractivity contribution is 5.64. The molecule has 0 saturated heterocycles. The third-order valence-corrected chi connectivity index (χ3v) is 2.81. The fourth-order valence-corrected chi connectivity index (χ4v) is 1.74. The lowest BCUT2D eigenvalue weighted by Gasteiger charge is -2.07. The summed E-state index contributed by atoms with van der Waals surface area (Å²) in [6.07, 6.45) is 1.13. The molecule has 0 spiro atoms. The van der Waals surface area contributed by atoms with E-state index in [1.807, 2.05) is 13.0 Å². The van der Waals surface area contributed by atoms with Gasteiger partial charge in [0, 0.05) is 11.3 Å². The summed E-state index contributed by atoms with van der Waals surface area (Å²) in [5.74, 6) is 0.493. The molecule has 5 heteroatoms. The number of hydrogen-bond acceptors (Lipinski definition) is 2. The van der Waals surface area contributed by atoms with Gasteiger partial charge >= 0.3 is 6.09 Å². The van der Waals surface area contributed by atoms with Gasteiger partial charge in [0.25, 0.3) is 5.56 Å². The molecule has 1 saturated carbocycles. The number of hydrogen-bond donors (Lipinski definition) is 3. The molecule has 86 valence electrons. The molecule has 1 aliphatic rings. The van der Waals surface area contributed by atoms with Gasteiger partial charge in [-0.05, 0) is 37.3 Å². The minimum atomic E-state index is -1.12. The molecule has 0 radical (unpaired) electrons. The summed E-state index contributed by atoms with van der Waals surface area (Å²) >= 11 is 0. The predicted octanol–water partition coefficient (Wildman–Crippen LogP) is 1.33. The van der Waals surface area contributed by atoms with Crippen LogP contribution in [-0.2, 0) is 6.54 Å². The van der Waals surface area contributed by atoms with Crippen LogP contribution < -0.4 is 10.9 Å². The van der Waals surface area contributed by atoms with Crippen molar-refractivity contribution in [3.63, 3.8) is 0 Å². The molecule has 1 heterocycles. The van der Waals surface area contributed by atoms with Gasteiger partial charge in [-0.3, -0.25) is 4.79 Å². The van der Waals surface area contributed by atoms with Crippen LogP contribution >= 0.6 is 0 Å². The Bertz CT molecular complexity index is 475. The summed E-state index contributed by atoms with van der Waals surface area (Å²) in [7, 11) is 0. The summed E-state index contributed by atoms with van der Waals surface area (Å²) in [6.45, 7) is 1.89. The van der Waals surface area contributed by atoms with E-state index in [1.165, 1.54) is 0 Å². The smallest absolute Gasteiger partial charge is 0.404 e. The average Bonchev–Trinajstić information content (AvgIpc) is 2.98. The molecule has 3 N–H and O–H groups in total. The maximum atomic E-state index is 11.7. The Kier molecular flexibility index (Phi) is 2.68. The topological polar surface area (TPSA) is 82.2 Å². The third kappa shape index (κ3) is 2.24. The van der Waals surface area contributed by atoms with Gasteiger partial charge in [-0.25, -0.2) is 4.79 Å². The van der Waals surface area contributed by atoms with Gasteiger partial charge in [-0.15, -0.1) is 0 Å². The first-order valence-corrected chi connectivity index (χ1v) is 5.27. The highest BCUT2D eigenvalue weighted by Gasteiger charge is 2.25. The zero-order valence-corrected chi connectivity index (χ0v) is 9.04. The normalized spacial score (nSPS) is 14.8. The predicted molar refractivity (Wildman–Crippen MR) is 58.6 cm³/mol. The Balaban J connectivity index is 2.24. The highest BCUT2D eigenvalue weighted by atomic mass is 16.4. The van der Waals surface area contributed by atoms with Crippen molar-refractivity contribution in [1.29, 1.82) is 0 Å². The van der Waals surface area contributed by atoms with Gasteiger partial charge in [-0.1, -0.05) is 0 Å². The van der Waals surface area contributed by atoms with Crippen molar-refractivity contribution in [2.45, 2.75) is 32.2 Å². The number of carboxylic acid groups (broad SMARTS) is 1. The van der Waals surface area contributed by atoms with E-state index in [0.717, 1.165) is 24.1 Å². The molecule has 1 aromatic rings. The van der Waals surface area contributed by atoms with Crippen LogP contribution in [0.15, 0.2) is 10.9 Å². The van der Waals surface area contributed by atoms with Crippen LogP contribution in [0, 0.1) is 6.92 Å². The highest BCUT2D eigenvalue weighted by Crippen LogP contribution is 2.38. The molecule has 1 aromatic heterocycles. The van der Waals surface area contributed by atoms with Crippen LogP contribution in [0.4, 0.5) is 4.79 Å². The number of H-pyrrole nitrogens is 1. The Labute approximate surface area is 92.5 Å². The summed E-state index contributed by atoms with van der Waals surface area (Å²) in [5, 5.41) is 10.7. The van der Waals surface area contributed by atoms with E-state index in [9.17, 15) is 9.59 Å². The molecule has 1 aliphatic carbocycles. The zero-order chi connectivity index (χ0) is 11.7. The molecule has 2 rings (SSSR count). The lowest BCUT2D eigenvalue weighted by molar-refractivity contribution is 0.194. The van der Waals surface area contributed by atoms with Gasteiger partial charge in [-0.2, -0.15) is 0 Å². The Morgan fingerprint density at radius 1 is 1.62 bits per heavy atom. The fraction of sp³-hybridized carbons (Fsp3) is 0.455. The molecule has 0 atom stereocenters. The molecular formula is C11H14N2O3. The second kappa shape index (κ2) is 4.00. The summed E-state index contributed by atoms with van der Waals surface area (Å²) in [6, 6.07) is 1.94. The average molecular weight is 222 g/mol. The van der Waals surface area contributed by atoms with Crippen molar-refractivity contribution in [3.8, 4) is 0 Å². The summed E-state index contributed by atoms with van der Waals surface area (Å²) < 4.78 is 0. The van der Waals surface area contributed by atoms with Crippen molar-refractivity contribution in [1.82, 2.24) is 10.3 Å². The van der Waals surface area contributed by atoms with Crippen molar-refractivity contribution < 1.29 is 9.90 Å². The minimum absolute atomic E-state index is 0.0570. The molecule has 0 aromatic carbocycles. The van der Waals surface area contributed by atoms with Crippen LogP contribution in [0.25, 0.3) is 0 Å².